The van der Waals surface area contributed by atoms with Crippen molar-refractivity contribution in [2.45, 2.75) is 12.5 Å². The van der Waals surface area contributed by atoms with E-state index in [1.165, 1.54) is 0 Å². The lowest BCUT2D eigenvalue weighted by Crippen LogP contribution is -2.22. The third-order valence-corrected chi connectivity index (χ3v) is 3.70. The van der Waals surface area contributed by atoms with Crippen LogP contribution in [-0.4, -0.2) is 18.0 Å². The highest BCUT2D eigenvalue weighted by molar-refractivity contribution is 6.18. The Kier molecular flexibility index (Phi) is 5.03. The van der Waals surface area contributed by atoms with E-state index < -0.39 is 12.1 Å². The van der Waals surface area contributed by atoms with Gasteiger partial charge in [-0.25, -0.2) is 9.64 Å². The number of hydrogen-bond donors (Lipinski definition) is 1. The zero-order chi connectivity index (χ0) is 16.1. The number of hydrogen-bond acceptors (Lipinski definition) is 3. The topological polar surface area (TPSA) is 56.7 Å². The number of nitrogen functional groups attached to an aromatic ring is 1. The Morgan fingerprint density at radius 2 is 2.18 bits per heavy atom. The van der Waals surface area contributed by atoms with Crippen LogP contribution in [0.4, 0.5) is 11.4 Å². The molecule has 1 unspecified atom stereocenters. The highest BCUT2D eigenvalue weighted by Crippen LogP contribution is 2.32. The van der Waals surface area contributed by atoms with Gasteiger partial charge in [-0.3, -0.25) is 0 Å². The minimum atomic E-state index is -0.522. The molecule has 0 spiro atoms. The first kappa shape index (κ1) is 15.9. The Balaban J connectivity index is 2.46. The summed E-state index contributed by atoms with van der Waals surface area (Å²) in [4.78, 5) is 14.9. The number of anilines is 1. The third kappa shape index (κ3) is 3.21. The number of benzene rings is 2. The maximum absolute atomic E-state index is 11.4. The predicted molar refractivity (Wildman–Crippen MR) is 89.1 cm³/mol. The fourth-order valence-electron chi connectivity index (χ4n) is 2.31. The molecule has 2 aromatic carbocycles. The molecule has 2 rings (SSSR count). The molecule has 112 valence electrons. The summed E-state index contributed by atoms with van der Waals surface area (Å²) in [6.07, 6.45) is 0.980. The Morgan fingerprint density at radius 3 is 2.82 bits per heavy atom. The summed E-state index contributed by atoms with van der Waals surface area (Å²) in [6, 6.07) is 9.05. The molecule has 0 fully saturated rings. The average Bonchev–Trinajstić information content (AvgIpc) is 2.55. The zero-order valence-electron chi connectivity index (χ0n) is 11.9. The summed E-state index contributed by atoms with van der Waals surface area (Å²) in [7, 11) is 0. The second kappa shape index (κ2) is 6.97. The Labute approximate surface area is 133 Å². The predicted octanol–water partition coefficient (Wildman–Crippen LogP) is 3.85. The van der Waals surface area contributed by atoms with Gasteiger partial charge in [0, 0.05) is 18.2 Å². The van der Waals surface area contributed by atoms with Crippen molar-refractivity contribution in [2.24, 2.45) is 0 Å². The molecule has 22 heavy (non-hydrogen) atoms. The van der Waals surface area contributed by atoms with Crippen molar-refractivity contribution >= 4 is 39.7 Å². The first-order valence-corrected chi connectivity index (χ1v) is 7.20. The van der Waals surface area contributed by atoms with Gasteiger partial charge in [0.25, 0.3) is 0 Å². The van der Waals surface area contributed by atoms with Gasteiger partial charge in [-0.2, -0.15) is 0 Å². The van der Waals surface area contributed by atoms with Gasteiger partial charge in [0.1, 0.15) is 6.10 Å². The molecule has 2 aromatic rings. The average molecular weight is 315 g/mol. The molecule has 5 heteroatoms. The molecule has 0 heterocycles. The molecule has 0 aliphatic heterocycles. The number of esters is 1. The number of rotatable bonds is 5. The first-order chi connectivity index (χ1) is 10.6. The van der Waals surface area contributed by atoms with Crippen LogP contribution in [0, 0.1) is 6.57 Å². The largest absolute Gasteiger partial charge is 0.458 e. The van der Waals surface area contributed by atoms with Crippen molar-refractivity contribution in [3.8, 4) is 0 Å². The molecular weight excluding hydrogens is 300 g/mol. The number of ether oxygens (including phenoxy) is 1. The number of fused-ring (bicyclic) bond motifs is 1. The van der Waals surface area contributed by atoms with Crippen molar-refractivity contribution in [1.29, 1.82) is 0 Å². The first-order valence-electron chi connectivity index (χ1n) is 6.67. The lowest BCUT2D eigenvalue weighted by molar-refractivity contribution is -0.141. The van der Waals surface area contributed by atoms with Gasteiger partial charge in [-0.05, 0) is 22.4 Å². The molecule has 0 radical (unpaired) electrons. The van der Waals surface area contributed by atoms with Crippen LogP contribution in [0.2, 0.25) is 0 Å². The number of nitrogens with zero attached hydrogens (tertiary/aromatic N) is 1. The van der Waals surface area contributed by atoms with E-state index in [1.54, 1.807) is 12.1 Å². The van der Waals surface area contributed by atoms with E-state index in [1.807, 2.05) is 18.2 Å². The summed E-state index contributed by atoms with van der Waals surface area (Å²) < 4.78 is 5.21. The van der Waals surface area contributed by atoms with Crippen LogP contribution in [0.5, 0.6) is 0 Å². The van der Waals surface area contributed by atoms with Crippen LogP contribution in [0.15, 0.2) is 43.0 Å². The number of halogens is 1. The van der Waals surface area contributed by atoms with E-state index in [4.69, 9.17) is 28.6 Å². The Hall–Kier alpha value is -2.51. The van der Waals surface area contributed by atoms with Gasteiger partial charge in [0.15, 0.2) is 5.69 Å². The van der Waals surface area contributed by atoms with Gasteiger partial charge >= 0.3 is 5.97 Å². The highest BCUT2D eigenvalue weighted by Gasteiger charge is 2.17. The molecular formula is C17H15ClN2O2. The molecule has 0 amide bonds. The van der Waals surface area contributed by atoms with E-state index in [0.29, 0.717) is 17.8 Å². The second-order valence-corrected chi connectivity index (χ2v) is 5.05. The third-order valence-electron chi connectivity index (χ3n) is 3.36. The summed E-state index contributed by atoms with van der Waals surface area (Å²) in [5.74, 6) is -0.371. The molecule has 2 N–H and O–H groups in total. The van der Waals surface area contributed by atoms with Crippen molar-refractivity contribution in [3.05, 3.63) is 60.0 Å². The van der Waals surface area contributed by atoms with Gasteiger partial charge in [-0.15, -0.1) is 11.6 Å². The van der Waals surface area contributed by atoms with Crippen LogP contribution in [0.1, 0.15) is 5.56 Å². The molecule has 0 aliphatic carbocycles. The summed E-state index contributed by atoms with van der Waals surface area (Å²) in [5, 5.41) is 1.70. The quantitative estimate of drug-likeness (QED) is 0.300. The summed E-state index contributed by atoms with van der Waals surface area (Å²) >= 11 is 5.88. The minimum absolute atomic E-state index is 0.151. The van der Waals surface area contributed by atoms with E-state index >= 15 is 0 Å². The van der Waals surface area contributed by atoms with Crippen LogP contribution in [0.25, 0.3) is 15.6 Å². The molecule has 4 nitrogen and oxygen atoms in total. The van der Waals surface area contributed by atoms with Crippen molar-refractivity contribution in [3.63, 3.8) is 0 Å². The van der Waals surface area contributed by atoms with Gasteiger partial charge < -0.3 is 10.5 Å². The molecule has 0 saturated heterocycles. The van der Waals surface area contributed by atoms with Crippen LogP contribution >= 0.6 is 11.6 Å². The highest BCUT2D eigenvalue weighted by atomic mass is 35.5. The summed E-state index contributed by atoms with van der Waals surface area (Å²) in [6.45, 7) is 10.6. The van der Waals surface area contributed by atoms with Crippen molar-refractivity contribution in [2.75, 3.05) is 11.6 Å². The fraction of sp³-hybridized carbons (Fsp3) is 0.176. The number of nitrogens with two attached hydrogens (primary N) is 1. The lowest BCUT2D eigenvalue weighted by Gasteiger charge is -2.17. The van der Waals surface area contributed by atoms with E-state index in [-0.39, 0.29) is 5.88 Å². The fourth-order valence-corrected chi connectivity index (χ4v) is 2.49. The molecule has 1 atom stereocenters. The van der Waals surface area contributed by atoms with Gasteiger partial charge in [-0.1, -0.05) is 30.8 Å². The Bertz CT molecular complexity index is 765. The van der Waals surface area contributed by atoms with Crippen LogP contribution in [-0.2, 0) is 16.0 Å². The number of carbonyl (C=O) groups excluding carboxylic acids is 1. The number of carbonyl (C=O) groups is 1. The maximum atomic E-state index is 11.4. The van der Waals surface area contributed by atoms with Crippen LogP contribution in [0.3, 0.4) is 0 Å². The van der Waals surface area contributed by atoms with Crippen molar-refractivity contribution in [1.82, 2.24) is 0 Å². The standard InChI is InChI=1S/C17H15ClN2O2/c1-3-17(21)22-11(10-18)9-14-12-5-4-6-16(20-2)13(12)7-8-15(14)19/h3-8,11H,1,9-10,19H2. The van der Waals surface area contributed by atoms with Gasteiger partial charge in [0.2, 0.25) is 0 Å². The summed E-state index contributed by atoms with van der Waals surface area (Å²) in [5.41, 5.74) is 8.03. The minimum Gasteiger partial charge on any atom is -0.458 e. The van der Waals surface area contributed by atoms with Crippen molar-refractivity contribution < 1.29 is 9.53 Å². The molecule has 0 bridgehead atoms. The maximum Gasteiger partial charge on any atom is 0.330 e. The molecule has 0 saturated carbocycles. The number of alkyl halides is 1. The molecule has 0 aliphatic rings. The molecule has 0 aromatic heterocycles. The smallest absolute Gasteiger partial charge is 0.330 e. The monoisotopic (exact) mass is 314 g/mol. The van der Waals surface area contributed by atoms with E-state index in [9.17, 15) is 4.79 Å². The van der Waals surface area contributed by atoms with Gasteiger partial charge in [0.05, 0.1) is 12.5 Å². The van der Waals surface area contributed by atoms with E-state index in [0.717, 1.165) is 22.4 Å². The van der Waals surface area contributed by atoms with Crippen LogP contribution < -0.4 is 5.73 Å². The zero-order valence-corrected chi connectivity index (χ0v) is 12.6. The van der Waals surface area contributed by atoms with E-state index in [2.05, 4.69) is 11.4 Å². The Morgan fingerprint density at radius 1 is 1.41 bits per heavy atom. The normalized spacial score (nSPS) is 11.6. The SMILES string of the molecule is [C-]#[N+]c1cccc2c(CC(CCl)OC(=O)C=C)c(N)ccc12. The lowest BCUT2D eigenvalue weighted by atomic mass is 9.97. The second-order valence-electron chi connectivity index (χ2n) is 4.74.